The zero-order valence-electron chi connectivity index (χ0n) is 12.0. The number of ether oxygens (including phenoxy) is 1. The number of sulfonamides is 1. The van der Waals surface area contributed by atoms with Crippen molar-refractivity contribution in [3.63, 3.8) is 0 Å². The molecule has 1 heterocycles. The summed E-state index contributed by atoms with van der Waals surface area (Å²) in [6.45, 7) is 4.16. The zero-order chi connectivity index (χ0) is 15.3. The van der Waals surface area contributed by atoms with Crippen molar-refractivity contribution < 1.29 is 13.2 Å². The van der Waals surface area contributed by atoms with Crippen molar-refractivity contribution in [2.75, 3.05) is 26.3 Å². The quantitative estimate of drug-likeness (QED) is 0.806. The molecule has 1 atom stereocenters. The van der Waals surface area contributed by atoms with Crippen molar-refractivity contribution in [3.8, 4) is 0 Å². The fourth-order valence-corrected chi connectivity index (χ4v) is 3.75. The van der Waals surface area contributed by atoms with Gasteiger partial charge >= 0.3 is 0 Å². The van der Waals surface area contributed by atoms with Gasteiger partial charge in [0.1, 0.15) is 0 Å². The predicted molar refractivity (Wildman–Crippen MR) is 85.6 cm³/mol. The van der Waals surface area contributed by atoms with Crippen molar-refractivity contribution in [3.05, 3.63) is 40.3 Å². The maximum absolute atomic E-state index is 12.4. The highest BCUT2D eigenvalue weighted by molar-refractivity contribution is 7.92. The first-order valence-corrected chi connectivity index (χ1v) is 8.91. The summed E-state index contributed by atoms with van der Waals surface area (Å²) in [6, 6.07) is 7.16. The summed E-state index contributed by atoms with van der Waals surface area (Å²) in [4.78, 5) is 0. The molecule has 1 aromatic rings. The van der Waals surface area contributed by atoms with E-state index < -0.39 is 10.0 Å². The Balaban J connectivity index is 2.10. The third-order valence-corrected chi connectivity index (χ3v) is 5.47. The lowest BCUT2D eigenvalue weighted by atomic mass is 10.1. The summed E-state index contributed by atoms with van der Waals surface area (Å²) in [5.41, 5.74) is 0.697. The van der Waals surface area contributed by atoms with Gasteiger partial charge in [-0.25, -0.2) is 8.42 Å². The second-order valence-electron chi connectivity index (χ2n) is 5.05. The fraction of sp³-hybridized carbons (Fsp3) is 0.467. The summed E-state index contributed by atoms with van der Waals surface area (Å²) in [5.74, 6) is 0.286. The number of hydrogen-bond acceptors (Lipinski definition) is 3. The second kappa shape index (κ2) is 7.40. The first kappa shape index (κ1) is 16.5. The first-order valence-electron chi connectivity index (χ1n) is 7.03. The molecule has 0 saturated carbocycles. The Labute approximate surface area is 131 Å². The maximum atomic E-state index is 12.4. The van der Waals surface area contributed by atoms with E-state index in [0.29, 0.717) is 30.3 Å². The smallest absolute Gasteiger partial charge is 0.236 e. The molecule has 0 spiro atoms. The summed E-state index contributed by atoms with van der Waals surface area (Å²) in [6.07, 6.45) is 2.46. The third-order valence-electron chi connectivity index (χ3n) is 3.52. The normalized spacial score (nSPS) is 19.7. The van der Waals surface area contributed by atoms with E-state index in [9.17, 15) is 8.42 Å². The van der Waals surface area contributed by atoms with E-state index in [1.165, 1.54) is 9.71 Å². The van der Waals surface area contributed by atoms with E-state index in [4.69, 9.17) is 16.3 Å². The molecule has 1 aliphatic rings. The highest BCUT2D eigenvalue weighted by atomic mass is 35.5. The van der Waals surface area contributed by atoms with Crippen molar-refractivity contribution in [2.24, 2.45) is 5.92 Å². The van der Waals surface area contributed by atoms with Crippen LogP contribution in [0.2, 0.25) is 5.02 Å². The molecule has 1 aromatic carbocycles. The van der Waals surface area contributed by atoms with Crippen molar-refractivity contribution in [2.45, 2.75) is 13.3 Å². The van der Waals surface area contributed by atoms with Gasteiger partial charge in [-0.15, -0.1) is 0 Å². The molecule has 1 aliphatic heterocycles. The highest BCUT2D eigenvalue weighted by Gasteiger charge is 2.24. The monoisotopic (exact) mass is 329 g/mol. The van der Waals surface area contributed by atoms with Gasteiger partial charge in [0.15, 0.2) is 0 Å². The number of rotatable bonds is 6. The lowest BCUT2D eigenvalue weighted by Gasteiger charge is -2.21. The van der Waals surface area contributed by atoms with Gasteiger partial charge in [-0.1, -0.05) is 36.7 Å². The molecule has 116 valence electrons. The molecule has 2 rings (SSSR count). The Morgan fingerprint density at radius 2 is 2.19 bits per heavy atom. The average molecular weight is 330 g/mol. The Kier molecular flexibility index (Phi) is 5.81. The van der Waals surface area contributed by atoms with Crippen LogP contribution < -0.4 is 0 Å². The van der Waals surface area contributed by atoms with Crippen LogP contribution in [-0.4, -0.2) is 39.0 Å². The van der Waals surface area contributed by atoms with Crippen LogP contribution in [0.3, 0.4) is 0 Å². The number of hydrogen-bond donors (Lipinski definition) is 0. The number of benzene rings is 1. The molecule has 1 unspecified atom stereocenters. The molecule has 0 radical (unpaired) electrons. The number of halogens is 1. The molecule has 1 fully saturated rings. The molecule has 0 bridgehead atoms. The van der Waals surface area contributed by atoms with Gasteiger partial charge in [0.05, 0.1) is 6.61 Å². The molecule has 1 saturated heterocycles. The average Bonchev–Trinajstić information content (AvgIpc) is 2.97. The van der Waals surface area contributed by atoms with Crippen LogP contribution in [0.4, 0.5) is 0 Å². The van der Waals surface area contributed by atoms with Gasteiger partial charge in [-0.05, 0) is 30.0 Å². The van der Waals surface area contributed by atoms with Gasteiger partial charge < -0.3 is 4.74 Å². The summed E-state index contributed by atoms with van der Waals surface area (Å²) < 4.78 is 31.6. The Morgan fingerprint density at radius 3 is 2.81 bits per heavy atom. The molecule has 0 amide bonds. The van der Waals surface area contributed by atoms with Gasteiger partial charge in [0.25, 0.3) is 0 Å². The Hall–Kier alpha value is -0.880. The SMILES string of the molecule is CCN(CC1CCOC1)S(=O)(=O)/C=C/c1ccccc1Cl. The topological polar surface area (TPSA) is 46.6 Å². The predicted octanol–water partition coefficient (Wildman–Crippen LogP) is 3.00. The zero-order valence-corrected chi connectivity index (χ0v) is 13.6. The second-order valence-corrected chi connectivity index (χ2v) is 7.28. The molecular formula is C15H20ClNO3S. The maximum Gasteiger partial charge on any atom is 0.236 e. The standard InChI is InChI=1S/C15H20ClNO3S/c1-2-17(11-13-7-9-20-12-13)21(18,19)10-8-14-5-3-4-6-15(14)16/h3-6,8,10,13H,2,7,9,11-12H2,1H3/b10-8+. The Bertz CT molecular complexity index is 595. The molecule has 0 aliphatic carbocycles. The minimum absolute atomic E-state index is 0.286. The Morgan fingerprint density at radius 1 is 1.43 bits per heavy atom. The molecule has 6 heteroatoms. The van der Waals surface area contributed by atoms with E-state index in [1.54, 1.807) is 18.2 Å². The van der Waals surface area contributed by atoms with Gasteiger partial charge in [0.2, 0.25) is 10.0 Å². The van der Waals surface area contributed by atoms with Crippen LogP contribution in [0.25, 0.3) is 6.08 Å². The molecule has 0 N–H and O–H groups in total. The largest absolute Gasteiger partial charge is 0.381 e. The molecule has 21 heavy (non-hydrogen) atoms. The highest BCUT2D eigenvalue weighted by Crippen LogP contribution is 2.19. The minimum atomic E-state index is -3.44. The summed E-state index contributed by atoms with van der Waals surface area (Å²) in [7, 11) is -3.44. The van der Waals surface area contributed by atoms with Crippen LogP contribution in [0.5, 0.6) is 0 Å². The fourth-order valence-electron chi connectivity index (χ4n) is 2.28. The van der Waals surface area contributed by atoms with Crippen molar-refractivity contribution in [1.82, 2.24) is 4.31 Å². The van der Waals surface area contributed by atoms with Crippen molar-refractivity contribution in [1.29, 1.82) is 0 Å². The van der Waals surface area contributed by atoms with E-state index in [2.05, 4.69) is 0 Å². The lowest BCUT2D eigenvalue weighted by Crippen LogP contribution is -2.34. The van der Waals surface area contributed by atoms with Crippen LogP contribution >= 0.6 is 11.6 Å². The molecular weight excluding hydrogens is 310 g/mol. The van der Waals surface area contributed by atoms with Crippen LogP contribution in [0.1, 0.15) is 18.9 Å². The van der Waals surface area contributed by atoms with E-state index in [1.807, 2.05) is 19.1 Å². The van der Waals surface area contributed by atoms with Gasteiger partial charge in [-0.3, -0.25) is 0 Å². The van der Waals surface area contributed by atoms with Crippen molar-refractivity contribution >= 4 is 27.7 Å². The molecule has 4 nitrogen and oxygen atoms in total. The lowest BCUT2D eigenvalue weighted by molar-refractivity contribution is 0.181. The van der Waals surface area contributed by atoms with E-state index in [-0.39, 0.29) is 5.92 Å². The van der Waals surface area contributed by atoms with Gasteiger partial charge in [-0.2, -0.15) is 4.31 Å². The molecule has 0 aromatic heterocycles. The van der Waals surface area contributed by atoms with E-state index >= 15 is 0 Å². The summed E-state index contributed by atoms with van der Waals surface area (Å²) >= 11 is 6.03. The van der Waals surface area contributed by atoms with Crippen LogP contribution in [0, 0.1) is 5.92 Å². The third kappa shape index (κ3) is 4.54. The van der Waals surface area contributed by atoms with E-state index in [0.717, 1.165) is 13.0 Å². The first-order chi connectivity index (χ1) is 10.0. The van der Waals surface area contributed by atoms with Crippen LogP contribution in [-0.2, 0) is 14.8 Å². The minimum Gasteiger partial charge on any atom is -0.381 e. The van der Waals surface area contributed by atoms with Crippen LogP contribution in [0.15, 0.2) is 29.7 Å². The summed E-state index contributed by atoms with van der Waals surface area (Å²) in [5, 5.41) is 1.77. The number of nitrogens with zero attached hydrogens (tertiary/aromatic N) is 1. The van der Waals surface area contributed by atoms with Gasteiger partial charge in [0, 0.05) is 30.1 Å².